The summed E-state index contributed by atoms with van der Waals surface area (Å²) >= 11 is 0. The molecule has 0 bridgehead atoms. The van der Waals surface area contributed by atoms with Crippen molar-refractivity contribution in [1.29, 1.82) is 0 Å². The van der Waals surface area contributed by atoms with Gasteiger partial charge in [-0.15, -0.1) is 0 Å². The van der Waals surface area contributed by atoms with Gasteiger partial charge in [-0.2, -0.15) is 0 Å². The van der Waals surface area contributed by atoms with E-state index in [-0.39, 0.29) is 0 Å². The maximum Gasteiger partial charge on any atom is 0.161 e. The lowest BCUT2D eigenvalue weighted by Gasteiger charge is -2.11. The zero-order valence-electron chi connectivity index (χ0n) is 11.5. The van der Waals surface area contributed by atoms with Gasteiger partial charge in [0.25, 0.3) is 0 Å². The summed E-state index contributed by atoms with van der Waals surface area (Å²) in [5.41, 5.74) is 1.17. The molecule has 0 aliphatic heterocycles. The molecular formula is C14H23NO3. The van der Waals surface area contributed by atoms with Gasteiger partial charge in [-0.1, -0.05) is 6.07 Å². The maximum atomic E-state index is 5.69. The molecule has 0 fully saturated rings. The van der Waals surface area contributed by atoms with E-state index in [1.807, 2.05) is 25.1 Å². The van der Waals surface area contributed by atoms with Gasteiger partial charge in [0.2, 0.25) is 0 Å². The van der Waals surface area contributed by atoms with Crippen LogP contribution in [0.3, 0.4) is 0 Å². The van der Waals surface area contributed by atoms with Crippen molar-refractivity contribution < 1.29 is 14.2 Å². The van der Waals surface area contributed by atoms with Crippen molar-refractivity contribution in [3.63, 3.8) is 0 Å². The molecule has 4 nitrogen and oxygen atoms in total. The third kappa shape index (κ3) is 5.38. The van der Waals surface area contributed by atoms with E-state index in [4.69, 9.17) is 14.2 Å². The van der Waals surface area contributed by atoms with Crippen LogP contribution in [-0.4, -0.2) is 40.5 Å². The molecule has 0 unspecified atom stereocenters. The minimum Gasteiger partial charge on any atom is -0.493 e. The highest BCUT2D eigenvalue weighted by molar-refractivity contribution is 5.42. The van der Waals surface area contributed by atoms with Crippen LogP contribution in [-0.2, 0) is 4.74 Å². The molecule has 0 aliphatic rings. The highest BCUT2D eigenvalue weighted by atomic mass is 16.5. The third-order valence-corrected chi connectivity index (χ3v) is 2.56. The molecule has 1 aromatic rings. The second-order valence-corrected chi connectivity index (χ2v) is 4.10. The van der Waals surface area contributed by atoms with E-state index in [1.165, 1.54) is 5.56 Å². The van der Waals surface area contributed by atoms with Gasteiger partial charge < -0.3 is 19.5 Å². The molecule has 0 amide bonds. The fourth-order valence-corrected chi connectivity index (χ4v) is 1.57. The highest BCUT2D eigenvalue weighted by Crippen LogP contribution is 2.27. The normalized spacial score (nSPS) is 10.4. The molecule has 0 radical (unpaired) electrons. The molecule has 1 aromatic carbocycles. The van der Waals surface area contributed by atoms with Gasteiger partial charge in [-0.05, 0) is 37.6 Å². The van der Waals surface area contributed by atoms with Crippen LogP contribution in [0.1, 0.15) is 12.0 Å². The van der Waals surface area contributed by atoms with Crippen molar-refractivity contribution in [1.82, 2.24) is 5.32 Å². The minimum absolute atomic E-state index is 0.680. The molecule has 0 spiro atoms. The third-order valence-electron chi connectivity index (χ3n) is 2.56. The zero-order valence-corrected chi connectivity index (χ0v) is 11.5. The Kier molecular flexibility index (Phi) is 7.22. The number of methoxy groups -OCH3 is 2. The van der Waals surface area contributed by atoms with Gasteiger partial charge in [0, 0.05) is 13.7 Å². The van der Waals surface area contributed by atoms with E-state index < -0.39 is 0 Å². The largest absolute Gasteiger partial charge is 0.493 e. The van der Waals surface area contributed by atoms with E-state index >= 15 is 0 Å². The summed E-state index contributed by atoms with van der Waals surface area (Å²) in [7, 11) is 3.36. The van der Waals surface area contributed by atoms with E-state index in [2.05, 4.69) is 5.32 Å². The first-order chi connectivity index (χ1) is 8.77. The molecule has 0 saturated carbocycles. The molecule has 0 heterocycles. The van der Waals surface area contributed by atoms with E-state index in [9.17, 15) is 0 Å². The fourth-order valence-electron chi connectivity index (χ4n) is 1.57. The number of hydrogen-bond donors (Lipinski definition) is 1. The van der Waals surface area contributed by atoms with E-state index in [0.717, 1.165) is 37.6 Å². The van der Waals surface area contributed by atoms with Crippen molar-refractivity contribution in [3.05, 3.63) is 23.8 Å². The fraction of sp³-hybridized carbons (Fsp3) is 0.571. The van der Waals surface area contributed by atoms with E-state index in [1.54, 1.807) is 14.2 Å². The average Bonchev–Trinajstić information content (AvgIpc) is 2.39. The average molecular weight is 253 g/mol. The lowest BCUT2D eigenvalue weighted by molar-refractivity contribution is 0.198. The predicted octanol–water partition coefficient (Wildman–Crippen LogP) is 2.01. The van der Waals surface area contributed by atoms with Crippen molar-refractivity contribution >= 4 is 0 Å². The minimum atomic E-state index is 0.680. The van der Waals surface area contributed by atoms with Crippen LogP contribution in [0.5, 0.6) is 11.5 Å². The SMILES string of the molecule is COCCNCCCOc1ccc(C)cc1OC. The number of ether oxygens (including phenoxy) is 3. The standard InChI is InChI=1S/C14H23NO3/c1-12-5-6-13(14(11-12)17-3)18-9-4-7-15-8-10-16-2/h5-6,11,15H,4,7-10H2,1-3H3. The number of benzene rings is 1. The Morgan fingerprint density at radius 2 is 1.89 bits per heavy atom. The number of nitrogens with one attached hydrogen (secondary N) is 1. The van der Waals surface area contributed by atoms with Crippen LogP contribution in [0.15, 0.2) is 18.2 Å². The number of hydrogen-bond acceptors (Lipinski definition) is 4. The Balaban J connectivity index is 2.22. The van der Waals surface area contributed by atoms with Crippen LogP contribution in [0.4, 0.5) is 0 Å². The summed E-state index contributed by atoms with van der Waals surface area (Å²) in [4.78, 5) is 0. The van der Waals surface area contributed by atoms with Crippen LogP contribution < -0.4 is 14.8 Å². The van der Waals surface area contributed by atoms with Crippen LogP contribution in [0.25, 0.3) is 0 Å². The monoisotopic (exact) mass is 253 g/mol. The maximum absolute atomic E-state index is 5.69. The summed E-state index contributed by atoms with van der Waals surface area (Å²) in [5.74, 6) is 1.60. The molecule has 0 atom stereocenters. The molecular weight excluding hydrogens is 230 g/mol. The summed E-state index contributed by atoms with van der Waals surface area (Å²) in [6.45, 7) is 5.26. The quantitative estimate of drug-likeness (QED) is 0.683. The molecule has 0 aromatic heterocycles. The molecule has 0 saturated heterocycles. The Bertz CT molecular complexity index is 342. The van der Waals surface area contributed by atoms with Gasteiger partial charge in [0.15, 0.2) is 11.5 Å². The Morgan fingerprint density at radius 3 is 2.61 bits per heavy atom. The van der Waals surface area contributed by atoms with Crippen LogP contribution >= 0.6 is 0 Å². The second kappa shape index (κ2) is 8.78. The first-order valence-electron chi connectivity index (χ1n) is 6.25. The van der Waals surface area contributed by atoms with E-state index in [0.29, 0.717) is 6.61 Å². The molecule has 4 heteroatoms. The van der Waals surface area contributed by atoms with Gasteiger partial charge >= 0.3 is 0 Å². The molecule has 18 heavy (non-hydrogen) atoms. The molecule has 1 rings (SSSR count). The van der Waals surface area contributed by atoms with Crippen molar-refractivity contribution in [3.8, 4) is 11.5 Å². The van der Waals surface area contributed by atoms with Crippen molar-refractivity contribution in [2.24, 2.45) is 0 Å². The number of aryl methyl sites for hydroxylation is 1. The van der Waals surface area contributed by atoms with Gasteiger partial charge in [0.1, 0.15) is 0 Å². The van der Waals surface area contributed by atoms with Gasteiger partial charge in [0.05, 0.1) is 20.3 Å². The Labute approximate surface area is 109 Å². The lowest BCUT2D eigenvalue weighted by Crippen LogP contribution is -2.21. The number of rotatable bonds is 9. The summed E-state index contributed by atoms with van der Waals surface area (Å²) < 4.78 is 15.9. The Morgan fingerprint density at radius 1 is 1.06 bits per heavy atom. The van der Waals surface area contributed by atoms with Crippen molar-refractivity contribution in [2.45, 2.75) is 13.3 Å². The molecule has 102 valence electrons. The second-order valence-electron chi connectivity index (χ2n) is 4.10. The first-order valence-corrected chi connectivity index (χ1v) is 6.25. The lowest BCUT2D eigenvalue weighted by atomic mass is 10.2. The van der Waals surface area contributed by atoms with Gasteiger partial charge in [-0.25, -0.2) is 0 Å². The molecule has 0 aliphatic carbocycles. The zero-order chi connectivity index (χ0) is 13.2. The first kappa shape index (κ1) is 14.8. The van der Waals surface area contributed by atoms with Crippen molar-refractivity contribution in [2.75, 3.05) is 40.5 Å². The predicted molar refractivity (Wildman–Crippen MR) is 72.6 cm³/mol. The molecule has 1 N–H and O–H groups in total. The smallest absolute Gasteiger partial charge is 0.161 e. The Hall–Kier alpha value is -1.26. The summed E-state index contributed by atoms with van der Waals surface area (Å²) in [5, 5.41) is 3.27. The highest BCUT2D eigenvalue weighted by Gasteiger charge is 2.03. The summed E-state index contributed by atoms with van der Waals surface area (Å²) in [6, 6.07) is 5.95. The van der Waals surface area contributed by atoms with Crippen LogP contribution in [0.2, 0.25) is 0 Å². The topological polar surface area (TPSA) is 39.7 Å². The summed E-state index contributed by atoms with van der Waals surface area (Å²) in [6.07, 6.45) is 0.959. The van der Waals surface area contributed by atoms with Gasteiger partial charge in [-0.3, -0.25) is 0 Å². The van der Waals surface area contributed by atoms with Crippen LogP contribution in [0, 0.1) is 6.92 Å².